The van der Waals surface area contributed by atoms with Crippen LogP contribution in [0.3, 0.4) is 0 Å². The summed E-state index contributed by atoms with van der Waals surface area (Å²) in [6.07, 6.45) is 12.5. The van der Waals surface area contributed by atoms with Crippen molar-refractivity contribution in [3.05, 3.63) is 74.9 Å². The minimum atomic E-state index is -1.50. The molecule has 242 valence electrons. The standard InChI is InChI=1S/C38H48O7/c1-21(2)10-9-11-23(5)13-15-26-31(40)27(14-12-22(3)4)34-30(32(26)41)33(42)28-18-25-19-29-36(7,8)45-37(35(25)43,38(28,29)44-34)17-16-24(6)20-39/h10,12-13,16,18,25,29,39-41H,9,11,14-15,17,19-20H2,1-8H3/b23-13+,24-16+/t25-,29?,37+,38-/m1/s1. The van der Waals surface area contributed by atoms with Crippen LogP contribution in [0.2, 0.25) is 0 Å². The van der Waals surface area contributed by atoms with Crippen molar-refractivity contribution in [1.29, 1.82) is 0 Å². The molecule has 1 saturated carbocycles. The van der Waals surface area contributed by atoms with Crippen LogP contribution >= 0.6 is 0 Å². The van der Waals surface area contributed by atoms with Crippen LogP contribution in [0.1, 0.15) is 103 Å². The Bertz CT molecular complexity index is 1590. The highest BCUT2D eigenvalue weighted by Gasteiger charge is 2.81. The Hall–Kier alpha value is -3.42. The fourth-order valence-corrected chi connectivity index (χ4v) is 7.80. The van der Waals surface area contributed by atoms with Crippen LogP contribution < -0.4 is 4.74 Å². The summed E-state index contributed by atoms with van der Waals surface area (Å²) in [6, 6.07) is 0. The summed E-state index contributed by atoms with van der Waals surface area (Å²) >= 11 is 0. The molecule has 0 aromatic heterocycles. The Morgan fingerprint density at radius 3 is 2.22 bits per heavy atom. The lowest BCUT2D eigenvalue weighted by Gasteiger charge is -2.56. The number of phenols is 2. The molecule has 45 heavy (non-hydrogen) atoms. The number of hydrogen-bond donors (Lipinski definition) is 3. The monoisotopic (exact) mass is 616 g/mol. The summed E-state index contributed by atoms with van der Waals surface area (Å²) in [7, 11) is 0. The van der Waals surface area contributed by atoms with Crippen molar-refractivity contribution in [2.75, 3.05) is 6.61 Å². The first-order chi connectivity index (χ1) is 21.1. The number of hydrogen-bond acceptors (Lipinski definition) is 7. The molecule has 5 aliphatic rings. The van der Waals surface area contributed by atoms with E-state index in [1.165, 1.54) is 5.57 Å². The average Bonchev–Trinajstić information content (AvgIpc) is 3.12. The molecular weight excluding hydrogens is 568 g/mol. The number of Topliss-reactive ketones (excluding diaryl/α,β-unsaturated/α-hetero) is 2. The molecule has 1 unspecified atom stereocenters. The number of aromatic hydroxyl groups is 2. The highest BCUT2D eigenvalue weighted by molar-refractivity contribution is 6.18. The van der Waals surface area contributed by atoms with Gasteiger partial charge in [0, 0.05) is 35.0 Å². The van der Waals surface area contributed by atoms with Gasteiger partial charge in [0.05, 0.1) is 12.2 Å². The zero-order chi connectivity index (χ0) is 33.1. The average molecular weight is 617 g/mol. The second-order valence-corrected chi connectivity index (χ2v) is 14.4. The number of rotatable bonds is 10. The van der Waals surface area contributed by atoms with Gasteiger partial charge in [-0.25, -0.2) is 0 Å². The first-order valence-corrected chi connectivity index (χ1v) is 16.1. The number of carbonyl (C=O) groups is 2. The number of carbonyl (C=O) groups excluding carboxylic acids is 2. The fraction of sp³-hybridized carbons (Fsp3) is 0.526. The van der Waals surface area contributed by atoms with E-state index in [1.807, 2.05) is 46.8 Å². The normalized spacial score (nSPS) is 27.9. The first kappa shape index (κ1) is 33.0. The molecule has 2 heterocycles. The summed E-state index contributed by atoms with van der Waals surface area (Å²) in [5.74, 6) is -1.68. The maximum Gasteiger partial charge on any atom is 0.200 e. The van der Waals surface area contributed by atoms with Crippen molar-refractivity contribution in [3.63, 3.8) is 0 Å². The van der Waals surface area contributed by atoms with E-state index in [-0.39, 0.29) is 65.9 Å². The SMILES string of the molecule is CC(C)=CCC/C(C)=C/Cc1c(O)c(CC=C(C)C)c2c(c1O)C(=O)C1=C[C@@H]3CC4C(C)(C)O[C@@](C/C=C(\C)CO)(C3=O)[C@@]14O2. The van der Waals surface area contributed by atoms with E-state index < -0.39 is 28.5 Å². The largest absolute Gasteiger partial charge is 0.507 e. The van der Waals surface area contributed by atoms with Gasteiger partial charge in [0.15, 0.2) is 22.8 Å². The molecule has 0 amide bonds. The van der Waals surface area contributed by atoms with Gasteiger partial charge in [-0.1, -0.05) is 52.7 Å². The lowest BCUT2D eigenvalue weighted by atomic mass is 9.51. The van der Waals surface area contributed by atoms with Crippen molar-refractivity contribution in [1.82, 2.24) is 0 Å². The van der Waals surface area contributed by atoms with E-state index in [4.69, 9.17) is 9.47 Å². The summed E-state index contributed by atoms with van der Waals surface area (Å²) in [5, 5.41) is 33.2. The molecule has 1 spiro atoms. The minimum Gasteiger partial charge on any atom is -0.507 e. The maximum atomic E-state index is 14.7. The van der Waals surface area contributed by atoms with Crippen molar-refractivity contribution in [2.24, 2.45) is 11.8 Å². The summed E-state index contributed by atoms with van der Waals surface area (Å²) < 4.78 is 13.7. The van der Waals surface area contributed by atoms with Crippen LogP contribution in [0.15, 0.2) is 58.2 Å². The van der Waals surface area contributed by atoms with E-state index in [0.29, 0.717) is 23.1 Å². The quantitative estimate of drug-likeness (QED) is 0.239. The van der Waals surface area contributed by atoms with Crippen LogP contribution in [0, 0.1) is 11.8 Å². The van der Waals surface area contributed by atoms with Crippen LogP contribution in [-0.4, -0.2) is 50.3 Å². The number of fused-ring (bicyclic) bond motifs is 1. The van der Waals surface area contributed by atoms with Gasteiger partial charge >= 0.3 is 0 Å². The fourth-order valence-electron chi connectivity index (χ4n) is 7.80. The van der Waals surface area contributed by atoms with Gasteiger partial charge in [-0.05, 0) is 87.5 Å². The Labute approximate surface area is 267 Å². The molecule has 4 bridgehead atoms. The topological polar surface area (TPSA) is 113 Å². The van der Waals surface area contributed by atoms with Gasteiger partial charge in [-0.2, -0.15) is 0 Å². The van der Waals surface area contributed by atoms with Gasteiger partial charge < -0.3 is 24.8 Å². The number of aliphatic hydroxyl groups excluding tert-OH is 1. The van der Waals surface area contributed by atoms with Crippen LogP contribution in [0.4, 0.5) is 0 Å². The Balaban J connectivity index is 1.71. The molecule has 7 heteroatoms. The second-order valence-electron chi connectivity index (χ2n) is 14.4. The minimum absolute atomic E-state index is 0.0295. The third kappa shape index (κ3) is 5.12. The highest BCUT2D eigenvalue weighted by Crippen LogP contribution is 2.68. The van der Waals surface area contributed by atoms with E-state index in [2.05, 4.69) is 19.9 Å². The van der Waals surface area contributed by atoms with E-state index in [9.17, 15) is 24.9 Å². The summed E-state index contributed by atoms with van der Waals surface area (Å²) in [6.45, 7) is 15.5. The Kier molecular flexibility index (Phi) is 8.60. The predicted octanol–water partition coefficient (Wildman–Crippen LogP) is 7.18. The van der Waals surface area contributed by atoms with Crippen LogP contribution in [0.5, 0.6) is 17.2 Å². The van der Waals surface area contributed by atoms with Crippen LogP contribution in [-0.2, 0) is 22.4 Å². The smallest absolute Gasteiger partial charge is 0.200 e. The Morgan fingerprint density at radius 1 is 0.911 bits per heavy atom. The third-order valence-electron chi connectivity index (χ3n) is 10.1. The van der Waals surface area contributed by atoms with Gasteiger partial charge in [-0.3, -0.25) is 9.59 Å². The zero-order valence-electron chi connectivity index (χ0n) is 28.0. The Morgan fingerprint density at radius 2 is 1.58 bits per heavy atom. The van der Waals surface area contributed by atoms with Crippen molar-refractivity contribution in [2.45, 2.75) is 111 Å². The second kappa shape index (κ2) is 11.7. The predicted molar refractivity (Wildman–Crippen MR) is 175 cm³/mol. The van der Waals surface area contributed by atoms with E-state index in [0.717, 1.165) is 24.0 Å². The highest BCUT2D eigenvalue weighted by atomic mass is 16.6. The lowest BCUT2D eigenvalue weighted by Crippen LogP contribution is -2.72. The number of aliphatic hydroxyl groups is 1. The summed E-state index contributed by atoms with van der Waals surface area (Å²) in [5.41, 5.74) is 1.39. The molecule has 4 atom stereocenters. The van der Waals surface area contributed by atoms with Crippen molar-refractivity contribution < 1.29 is 34.4 Å². The zero-order valence-corrected chi connectivity index (χ0v) is 28.0. The van der Waals surface area contributed by atoms with Crippen molar-refractivity contribution in [3.8, 4) is 17.2 Å². The van der Waals surface area contributed by atoms with Gasteiger partial charge in [0.1, 0.15) is 22.8 Å². The van der Waals surface area contributed by atoms with Gasteiger partial charge in [0.2, 0.25) is 0 Å². The molecule has 6 rings (SSSR count). The van der Waals surface area contributed by atoms with Crippen molar-refractivity contribution >= 4 is 11.6 Å². The molecule has 1 aromatic carbocycles. The molecule has 1 aromatic rings. The number of benzene rings is 1. The number of ketones is 2. The molecule has 1 saturated heterocycles. The molecular formula is C38H48O7. The summed E-state index contributed by atoms with van der Waals surface area (Å²) in [4.78, 5) is 28.9. The van der Waals surface area contributed by atoms with E-state index in [1.54, 1.807) is 19.1 Å². The number of ether oxygens (including phenoxy) is 2. The molecule has 3 aliphatic carbocycles. The van der Waals surface area contributed by atoms with E-state index >= 15 is 0 Å². The molecule has 2 aliphatic heterocycles. The van der Waals surface area contributed by atoms with Gasteiger partial charge in [-0.15, -0.1) is 0 Å². The first-order valence-electron chi connectivity index (χ1n) is 16.1. The third-order valence-corrected chi connectivity index (χ3v) is 10.1. The molecule has 2 fully saturated rings. The molecule has 0 radical (unpaired) electrons. The molecule has 7 nitrogen and oxygen atoms in total. The number of allylic oxidation sites excluding steroid dienone is 7. The van der Waals surface area contributed by atoms with Crippen LogP contribution in [0.25, 0.3) is 0 Å². The lowest BCUT2D eigenvalue weighted by molar-refractivity contribution is -0.171. The maximum absolute atomic E-state index is 14.7. The molecule has 3 N–H and O–H groups in total. The van der Waals surface area contributed by atoms with Gasteiger partial charge in [0.25, 0.3) is 0 Å². The number of phenolic OH excluding ortho intramolecular Hbond substituents is 2.